The van der Waals surface area contributed by atoms with Crippen molar-refractivity contribution >= 4 is 27.9 Å². The van der Waals surface area contributed by atoms with Gasteiger partial charge in [0.15, 0.2) is 5.13 Å². The summed E-state index contributed by atoms with van der Waals surface area (Å²) in [6, 6.07) is 6.49. The summed E-state index contributed by atoms with van der Waals surface area (Å²) in [7, 11) is 0. The molecule has 1 N–H and O–H groups in total. The van der Waals surface area contributed by atoms with Crippen LogP contribution >= 0.6 is 11.3 Å². The fourth-order valence-electron chi connectivity index (χ4n) is 4.24. The maximum absolute atomic E-state index is 13.5. The standard InChI is InChI=1S/C23H20FN9O2S/c1-14-16(12-26-33(14)22-28-20(34)18-3-2-6-32(18)29-22)21(35)30-7-9-31(10-8-30)23-27-17(13-36-23)15-4-5-25-19(24)11-15/h2-6,11-13H,7-10H2,1H3,(H,28,29,34). The Hall–Kier alpha value is -4.39. The molecule has 5 aromatic heterocycles. The molecule has 1 saturated heterocycles. The first-order chi connectivity index (χ1) is 17.5. The first-order valence-corrected chi connectivity index (χ1v) is 12.1. The zero-order valence-corrected chi connectivity index (χ0v) is 19.9. The van der Waals surface area contributed by atoms with E-state index in [1.807, 2.05) is 5.38 Å². The van der Waals surface area contributed by atoms with Crippen LogP contribution in [0.3, 0.4) is 0 Å². The number of anilines is 1. The molecule has 0 radical (unpaired) electrons. The van der Waals surface area contributed by atoms with Crippen LogP contribution in [-0.4, -0.2) is 71.3 Å². The van der Waals surface area contributed by atoms with Crippen LogP contribution in [0.1, 0.15) is 16.1 Å². The molecule has 6 rings (SSSR count). The predicted molar refractivity (Wildman–Crippen MR) is 131 cm³/mol. The number of H-pyrrole nitrogens is 1. The van der Waals surface area contributed by atoms with E-state index in [-0.39, 0.29) is 17.4 Å². The van der Waals surface area contributed by atoms with Gasteiger partial charge in [0.25, 0.3) is 11.5 Å². The van der Waals surface area contributed by atoms with Gasteiger partial charge in [-0.1, -0.05) is 0 Å². The number of hydrogen-bond donors (Lipinski definition) is 1. The molecule has 36 heavy (non-hydrogen) atoms. The third kappa shape index (κ3) is 3.82. The minimum Gasteiger partial charge on any atom is -0.345 e. The normalized spacial score (nSPS) is 14.1. The Kier molecular flexibility index (Phi) is 5.33. The van der Waals surface area contributed by atoms with Gasteiger partial charge in [-0.15, -0.1) is 16.4 Å². The second kappa shape index (κ2) is 8.68. The maximum atomic E-state index is 13.5. The Balaban J connectivity index is 1.16. The molecule has 1 aliphatic rings. The van der Waals surface area contributed by atoms with Crippen molar-refractivity contribution in [3.05, 3.63) is 75.8 Å². The second-order valence-electron chi connectivity index (χ2n) is 8.33. The van der Waals surface area contributed by atoms with Crippen molar-refractivity contribution < 1.29 is 9.18 Å². The van der Waals surface area contributed by atoms with Crippen LogP contribution in [0.2, 0.25) is 0 Å². The summed E-state index contributed by atoms with van der Waals surface area (Å²) in [6.45, 7) is 4.06. The van der Waals surface area contributed by atoms with Crippen molar-refractivity contribution in [1.82, 2.24) is 39.2 Å². The lowest BCUT2D eigenvalue weighted by Crippen LogP contribution is -2.48. The lowest BCUT2D eigenvalue weighted by Gasteiger charge is -2.34. The minimum atomic E-state index is -0.541. The Morgan fingerprint density at radius 2 is 2.03 bits per heavy atom. The number of rotatable bonds is 4. The zero-order chi connectivity index (χ0) is 24.8. The van der Waals surface area contributed by atoms with E-state index in [0.717, 1.165) is 5.13 Å². The first-order valence-electron chi connectivity index (χ1n) is 11.2. The number of nitrogens with one attached hydrogen (secondary N) is 1. The molecule has 0 bridgehead atoms. The van der Waals surface area contributed by atoms with Crippen molar-refractivity contribution in [1.29, 1.82) is 0 Å². The predicted octanol–water partition coefficient (Wildman–Crippen LogP) is 2.14. The number of piperazine rings is 1. The molecule has 0 atom stereocenters. The van der Waals surface area contributed by atoms with E-state index in [1.165, 1.54) is 39.0 Å². The van der Waals surface area contributed by atoms with E-state index in [9.17, 15) is 14.0 Å². The third-order valence-electron chi connectivity index (χ3n) is 6.18. The molecule has 0 spiro atoms. The second-order valence-corrected chi connectivity index (χ2v) is 9.17. The van der Waals surface area contributed by atoms with Crippen LogP contribution in [0.5, 0.6) is 0 Å². The molecule has 5 aromatic rings. The molecule has 182 valence electrons. The lowest BCUT2D eigenvalue weighted by atomic mass is 10.2. The summed E-state index contributed by atoms with van der Waals surface area (Å²) in [5.41, 5.74) is 2.56. The molecular weight excluding hydrogens is 485 g/mol. The summed E-state index contributed by atoms with van der Waals surface area (Å²) in [5.74, 6) is -0.436. The topological polar surface area (TPSA) is 117 Å². The van der Waals surface area contributed by atoms with Gasteiger partial charge in [-0.2, -0.15) is 9.49 Å². The van der Waals surface area contributed by atoms with Crippen LogP contribution in [0.25, 0.3) is 22.7 Å². The fourth-order valence-corrected chi connectivity index (χ4v) is 5.12. The summed E-state index contributed by atoms with van der Waals surface area (Å²) >= 11 is 1.49. The van der Waals surface area contributed by atoms with Crippen molar-refractivity contribution in [2.75, 3.05) is 31.1 Å². The third-order valence-corrected chi connectivity index (χ3v) is 7.08. The van der Waals surface area contributed by atoms with Crippen LogP contribution in [0.15, 0.2) is 53.0 Å². The smallest absolute Gasteiger partial charge is 0.276 e. The van der Waals surface area contributed by atoms with Gasteiger partial charge in [0.2, 0.25) is 11.9 Å². The number of carbonyl (C=O) groups excluding carboxylic acids is 1. The summed E-state index contributed by atoms with van der Waals surface area (Å²) in [5, 5.41) is 11.4. The van der Waals surface area contributed by atoms with E-state index in [0.29, 0.717) is 54.2 Å². The van der Waals surface area contributed by atoms with E-state index < -0.39 is 5.95 Å². The van der Waals surface area contributed by atoms with Gasteiger partial charge in [0, 0.05) is 55.6 Å². The van der Waals surface area contributed by atoms with Crippen LogP contribution in [0, 0.1) is 12.9 Å². The van der Waals surface area contributed by atoms with Gasteiger partial charge in [-0.3, -0.25) is 14.6 Å². The summed E-state index contributed by atoms with van der Waals surface area (Å²) < 4.78 is 16.4. The quantitative estimate of drug-likeness (QED) is 0.372. The number of aromatic amines is 1. The number of amides is 1. The number of carbonyl (C=O) groups is 1. The van der Waals surface area contributed by atoms with E-state index in [1.54, 1.807) is 36.2 Å². The lowest BCUT2D eigenvalue weighted by molar-refractivity contribution is 0.0746. The van der Waals surface area contributed by atoms with Gasteiger partial charge in [-0.25, -0.2) is 19.2 Å². The highest BCUT2D eigenvalue weighted by molar-refractivity contribution is 7.14. The van der Waals surface area contributed by atoms with Crippen molar-refractivity contribution in [2.45, 2.75) is 6.92 Å². The molecule has 11 nitrogen and oxygen atoms in total. The Bertz CT molecular complexity index is 1640. The first kappa shape index (κ1) is 22.1. The number of nitrogens with zero attached hydrogens (tertiary/aromatic N) is 8. The van der Waals surface area contributed by atoms with Crippen LogP contribution in [0.4, 0.5) is 9.52 Å². The largest absolute Gasteiger partial charge is 0.345 e. The molecule has 0 aromatic carbocycles. The van der Waals surface area contributed by atoms with Crippen LogP contribution < -0.4 is 10.5 Å². The van der Waals surface area contributed by atoms with Gasteiger partial charge >= 0.3 is 0 Å². The Morgan fingerprint density at radius 3 is 2.83 bits per heavy atom. The highest BCUT2D eigenvalue weighted by Gasteiger charge is 2.27. The maximum Gasteiger partial charge on any atom is 0.276 e. The Labute approximate surface area is 207 Å². The fraction of sp³-hybridized carbons (Fsp3) is 0.217. The number of pyridine rings is 1. The zero-order valence-electron chi connectivity index (χ0n) is 19.1. The molecule has 0 saturated carbocycles. The van der Waals surface area contributed by atoms with Gasteiger partial charge < -0.3 is 9.80 Å². The number of fused-ring (bicyclic) bond motifs is 1. The van der Waals surface area contributed by atoms with Crippen molar-refractivity contribution in [3.8, 4) is 17.2 Å². The average Bonchev–Trinajstić information content (AvgIpc) is 3.64. The Morgan fingerprint density at radius 1 is 1.19 bits per heavy atom. The minimum absolute atomic E-state index is 0.130. The van der Waals surface area contributed by atoms with Gasteiger partial charge in [0.05, 0.1) is 23.1 Å². The molecule has 1 fully saturated rings. The van der Waals surface area contributed by atoms with Gasteiger partial charge in [-0.05, 0) is 25.1 Å². The molecule has 1 amide bonds. The number of aromatic nitrogens is 7. The molecule has 0 aliphatic carbocycles. The number of halogens is 1. The number of hydrogen-bond acceptors (Lipinski definition) is 8. The van der Waals surface area contributed by atoms with Crippen LogP contribution in [-0.2, 0) is 0 Å². The van der Waals surface area contributed by atoms with E-state index in [2.05, 4.69) is 30.0 Å². The molecular formula is C23H20FN9O2S. The molecule has 13 heteroatoms. The average molecular weight is 506 g/mol. The van der Waals surface area contributed by atoms with Crippen molar-refractivity contribution in [2.24, 2.45) is 0 Å². The monoisotopic (exact) mass is 505 g/mol. The number of thiazole rings is 1. The highest BCUT2D eigenvalue weighted by atomic mass is 32.1. The van der Waals surface area contributed by atoms with E-state index in [4.69, 9.17) is 0 Å². The highest BCUT2D eigenvalue weighted by Crippen LogP contribution is 2.28. The van der Waals surface area contributed by atoms with Crippen molar-refractivity contribution in [3.63, 3.8) is 0 Å². The molecule has 0 unspecified atom stereocenters. The van der Waals surface area contributed by atoms with E-state index >= 15 is 0 Å². The molecule has 1 aliphatic heterocycles. The summed E-state index contributed by atoms with van der Waals surface area (Å²) in [6.07, 6.45) is 4.61. The summed E-state index contributed by atoms with van der Waals surface area (Å²) in [4.78, 5) is 40.4. The van der Waals surface area contributed by atoms with Gasteiger partial charge in [0.1, 0.15) is 5.52 Å². The molecule has 6 heterocycles. The SMILES string of the molecule is Cc1c(C(=O)N2CCN(c3nc(-c4ccnc(F)c4)cs3)CC2)cnn1-c1nn2cccc2c(=O)[nH]1.